The topological polar surface area (TPSA) is 61.2 Å². The van der Waals surface area contributed by atoms with Gasteiger partial charge in [0.1, 0.15) is 16.2 Å². The fourth-order valence-corrected chi connectivity index (χ4v) is 5.08. The number of fused-ring (bicyclic) bond motifs is 1. The number of benzene rings is 2. The van der Waals surface area contributed by atoms with Crippen molar-refractivity contribution >= 4 is 27.5 Å². The molecule has 0 spiro atoms. The summed E-state index contributed by atoms with van der Waals surface area (Å²) in [4.78, 5) is 33.6. The quantitative estimate of drug-likeness (QED) is 0.376. The van der Waals surface area contributed by atoms with Gasteiger partial charge >= 0.3 is 5.97 Å². The Bertz CT molecular complexity index is 1320. The third-order valence-corrected chi connectivity index (χ3v) is 6.57. The van der Waals surface area contributed by atoms with Crippen LogP contribution in [0.3, 0.4) is 0 Å². The molecule has 6 heteroatoms. The minimum Gasteiger partial charge on any atom is -0.464 e. The maximum atomic E-state index is 14.0. The molecular formula is C26H26N2O3S. The van der Waals surface area contributed by atoms with E-state index in [9.17, 15) is 9.59 Å². The second-order valence-corrected chi connectivity index (χ2v) is 9.39. The van der Waals surface area contributed by atoms with Crippen molar-refractivity contribution in [2.45, 2.75) is 39.7 Å². The molecular weight excluding hydrogens is 420 g/mol. The molecule has 0 aliphatic carbocycles. The lowest BCUT2D eigenvalue weighted by Crippen LogP contribution is -2.46. The van der Waals surface area contributed by atoms with Gasteiger partial charge in [-0.3, -0.25) is 9.36 Å². The van der Waals surface area contributed by atoms with Gasteiger partial charge < -0.3 is 4.74 Å². The predicted octanol–water partition coefficient (Wildman–Crippen LogP) is 5.32. The molecule has 0 N–H and O–H groups in total. The number of ether oxygens (including phenoxy) is 1. The van der Waals surface area contributed by atoms with Gasteiger partial charge in [0.2, 0.25) is 0 Å². The van der Waals surface area contributed by atoms with Crippen LogP contribution in [0.15, 0.2) is 65.5 Å². The Morgan fingerprint density at radius 3 is 2.31 bits per heavy atom. The molecule has 0 saturated carbocycles. The van der Waals surface area contributed by atoms with Gasteiger partial charge in [-0.2, -0.15) is 0 Å². The van der Waals surface area contributed by atoms with Crippen LogP contribution in [0, 0.1) is 6.92 Å². The molecule has 2 aromatic heterocycles. The number of hydrogen-bond acceptors (Lipinski definition) is 5. The molecule has 2 aromatic carbocycles. The SMILES string of the molecule is CCOC(=O)C(C)(C)n1c(Cc2ccccc2)nc2sc(C)c(-c3ccccc3)c2c1=O. The van der Waals surface area contributed by atoms with Gasteiger partial charge in [-0.15, -0.1) is 11.3 Å². The van der Waals surface area contributed by atoms with Crippen molar-refractivity contribution in [1.29, 1.82) is 0 Å². The molecule has 0 saturated heterocycles. The van der Waals surface area contributed by atoms with E-state index in [1.807, 2.05) is 67.6 Å². The first-order valence-corrected chi connectivity index (χ1v) is 11.5. The molecule has 0 unspecified atom stereocenters. The Kier molecular flexibility index (Phi) is 5.98. The third kappa shape index (κ3) is 3.86. The van der Waals surface area contributed by atoms with Gasteiger partial charge in [0.05, 0.1) is 12.0 Å². The highest BCUT2D eigenvalue weighted by Crippen LogP contribution is 2.36. The van der Waals surface area contributed by atoms with Crippen LogP contribution in [0.25, 0.3) is 21.3 Å². The molecule has 5 nitrogen and oxygen atoms in total. The number of esters is 1. The minimum atomic E-state index is -1.21. The van der Waals surface area contributed by atoms with Gasteiger partial charge in [-0.1, -0.05) is 60.7 Å². The summed E-state index contributed by atoms with van der Waals surface area (Å²) in [6.45, 7) is 7.45. The molecule has 0 amide bonds. The van der Waals surface area contributed by atoms with E-state index in [1.165, 1.54) is 15.9 Å². The number of rotatable bonds is 6. The number of nitrogens with zero attached hydrogens (tertiary/aromatic N) is 2. The van der Waals surface area contributed by atoms with Gasteiger partial charge in [0.15, 0.2) is 0 Å². The monoisotopic (exact) mass is 446 g/mol. The normalized spacial score (nSPS) is 11.6. The Morgan fingerprint density at radius 1 is 1.06 bits per heavy atom. The largest absolute Gasteiger partial charge is 0.464 e. The van der Waals surface area contributed by atoms with Crippen LogP contribution in [-0.2, 0) is 21.5 Å². The predicted molar refractivity (Wildman–Crippen MR) is 129 cm³/mol. The first-order valence-electron chi connectivity index (χ1n) is 10.7. The fourth-order valence-electron chi connectivity index (χ4n) is 4.03. The summed E-state index contributed by atoms with van der Waals surface area (Å²) in [5.41, 5.74) is 1.43. The van der Waals surface area contributed by atoms with E-state index < -0.39 is 11.5 Å². The molecule has 0 radical (unpaired) electrons. The first kappa shape index (κ1) is 22.0. The maximum Gasteiger partial charge on any atom is 0.331 e. The Labute approximate surface area is 191 Å². The summed E-state index contributed by atoms with van der Waals surface area (Å²) in [7, 11) is 0. The number of carbonyl (C=O) groups is 1. The van der Waals surface area contributed by atoms with Crippen molar-refractivity contribution in [2.24, 2.45) is 0 Å². The van der Waals surface area contributed by atoms with Gasteiger partial charge in [-0.05, 0) is 38.8 Å². The first-order chi connectivity index (χ1) is 15.3. The van der Waals surface area contributed by atoms with Crippen molar-refractivity contribution in [1.82, 2.24) is 9.55 Å². The highest BCUT2D eigenvalue weighted by Gasteiger charge is 2.36. The van der Waals surface area contributed by atoms with E-state index >= 15 is 0 Å². The highest BCUT2D eigenvalue weighted by molar-refractivity contribution is 7.19. The number of carbonyl (C=O) groups excluding carboxylic acids is 1. The van der Waals surface area contributed by atoms with E-state index in [4.69, 9.17) is 9.72 Å². The van der Waals surface area contributed by atoms with E-state index in [1.54, 1.807) is 20.8 Å². The zero-order chi connectivity index (χ0) is 22.9. The van der Waals surface area contributed by atoms with Crippen LogP contribution in [0.5, 0.6) is 0 Å². The minimum absolute atomic E-state index is 0.220. The second-order valence-electron chi connectivity index (χ2n) is 8.19. The van der Waals surface area contributed by atoms with E-state index in [-0.39, 0.29) is 12.2 Å². The number of hydrogen-bond donors (Lipinski definition) is 0. The van der Waals surface area contributed by atoms with Crippen LogP contribution in [0.2, 0.25) is 0 Å². The van der Waals surface area contributed by atoms with Gasteiger partial charge in [0, 0.05) is 16.9 Å². The van der Waals surface area contributed by atoms with Crippen LogP contribution in [-0.4, -0.2) is 22.1 Å². The molecule has 4 aromatic rings. The molecule has 0 aliphatic heterocycles. The second kappa shape index (κ2) is 8.71. The average Bonchev–Trinajstić information content (AvgIpc) is 3.11. The lowest BCUT2D eigenvalue weighted by Gasteiger charge is -2.27. The summed E-state index contributed by atoms with van der Waals surface area (Å²) in [6, 6.07) is 19.7. The van der Waals surface area contributed by atoms with Crippen LogP contribution in [0.1, 0.15) is 37.0 Å². The average molecular weight is 447 g/mol. The van der Waals surface area contributed by atoms with Crippen LogP contribution < -0.4 is 5.56 Å². The van der Waals surface area contributed by atoms with Crippen LogP contribution >= 0.6 is 11.3 Å². The molecule has 2 heterocycles. The zero-order valence-corrected chi connectivity index (χ0v) is 19.5. The van der Waals surface area contributed by atoms with E-state index in [2.05, 4.69) is 0 Å². The summed E-state index contributed by atoms with van der Waals surface area (Å²) < 4.78 is 6.86. The van der Waals surface area contributed by atoms with Crippen molar-refractivity contribution in [3.05, 3.63) is 87.3 Å². The summed E-state index contributed by atoms with van der Waals surface area (Å²) >= 11 is 1.51. The van der Waals surface area contributed by atoms with Crippen molar-refractivity contribution < 1.29 is 9.53 Å². The Morgan fingerprint density at radius 2 is 1.69 bits per heavy atom. The van der Waals surface area contributed by atoms with Crippen LogP contribution in [0.4, 0.5) is 0 Å². The molecule has 4 rings (SSSR count). The third-order valence-electron chi connectivity index (χ3n) is 5.57. The zero-order valence-electron chi connectivity index (χ0n) is 18.7. The number of aromatic nitrogens is 2. The molecule has 164 valence electrons. The lowest BCUT2D eigenvalue weighted by atomic mass is 10.0. The smallest absolute Gasteiger partial charge is 0.331 e. The van der Waals surface area contributed by atoms with E-state index in [0.29, 0.717) is 22.5 Å². The Hall–Kier alpha value is -3.25. The highest BCUT2D eigenvalue weighted by atomic mass is 32.1. The molecule has 0 bridgehead atoms. The molecule has 0 atom stereocenters. The van der Waals surface area contributed by atoms with E-state index in [0.717, 1.165) is 21.6 Å². The summed E-state index contributed by atoms with van der Waals surface area (Å²) in [6.07, 6.45) is 0.437. The van der Waals surface area contributed by atoms with Gasteiger partial charge in [0.25, 0.3) is 5.56 Å². The number of aryl methyl sites for hydroxylation is 1. The lowest BCUT2D eigenvalue weighted by molar-refractivity contribution is -0.152. The summed E-state index contributed by atoms with van der Waals surface area (Å²) in [5, 5.41) is 0.549. The van der Waals surface area contributed by atoms with Crippen molar-refractivity contribution in [3.63, 3.8) is 0 Å². The maximum absolute atomic E-state index is 14.0. The summed E-state index contributed by atoms with van der Waals surface area (Å²) in [5.74, 6) is 0.0957. The molecule has 32 heavy (non-hydrogen) atoms. The fraction of sp³-hybridized carbons (Fsp3) is 0.269. The van der Waals surface area contributed by atoms with Crippen molar-refractivity contribution in [2.75, 3.05) is 6.61 Å². The van der Waals surface area contributed by atoms with Crippen molar-refractivity contribution in [3.8, 4) is 11.1 Å². The standard InChI is InChI=1S/C26H26N2O3S/c1-5-31-25(30)26(3,4)28-20(16-18-12-8-6-9-13-18)27-23-22(24(28)29)21(17(2)32-23)19-14-10-7-11-15-19/h6-15H,5,16H2,1-4H3. The molecule has 0 fully saturated rings. The van der Waals surface area contributed by atoms with Gasteiger partial charge in [-0.25, -0.2) is 9.78 Å². The Balaban J connectivity index is 2.03. The number of thiophene rings is 1. The molecule has 0 aliphatic rings.